The first kappa shape index (κ1) is 18.6. The van der Waals surface area contributed by atoms with Gasteiger partial charge in [-0.2, -0.15) is 0 Å². The van der Waals surface area contributed by atoms with Crippen LogP contribution in [0.25, 0.3) is 0 Å². The van der Waals surface area contributed by atoms with Gasteiger partial charge in [0.05, 0.1) is 19.8 Å². The summed E-state index contributed by atoms with van der Waals surface area (Å²) in [5.74, 6) is 1.52. The van der Waals surface area contributed by atoms with Gasteiger partial charge in [-0.3, -0.25) is 0 Å². The van der Waals surface area contributed by atoms with Crippen LogP contribution in [0.4, 0.5) is 10.5 Å². The van der Waals surface area contributed by atoms with Gasteiger partial charge < -0.3 is 24.8 Å². The highest BCUT2D eigenvalue weighted by molar-refractivity contribution is 5.89. The van der Waals surface area contributed by atoms with Crippen LogP contribution in [-0.2, 0) is 4.74 Å². The minimum Gasteiger partial charge on any atom is -0.497 e. The van der Waals surface area contributed by atoms with Crippen LogP contribution in [0.3, 0.4) is 0 Å². The van der Waals surface area contributed by atoms with Crippen molar-refractivity contribution in [2.75, 3.05) is 32.7 Å². The summed E-state index contributed by atoms with van der Waals surface area (Å²) < 4.78 is 16.1. The van der Waals surface area contributed by atoms with E-state index in [1.807, 2.05) is 43.3 Å². The summed E-state index contributed by atoms with van der Waals surface area (Å²) in [6.07, 6.45) is -0.263. The molecule has 2 aromatic carbocycles. The summed E-state index contributed by atoms with van der Waals surface area (Å²) in [4.78, 5) is 12.1. The molecule has 2 amide bonds. The maximum Gasteiger partial charge on any atom is 0.319 e. The van der Waals surface area contributed by atoms with Gasteiger partial charge >= 0.3 is 6.03 Å². The number of urea groups is 1. The van der Waals surface area contributed by atoms with Crippen molar-refractivity contribution in [3.63, 3.8) is 0 Å². The van der Waals surface area contributed by atoms with Gasteiger partial charge in [0, 0.05) is 19.3 Å². The Kier molecular flexibility index (Phi) is 7.10. The lowest BCUT2D eigenvalue weighted by atomic mass is 10.1. The van der Waals surface area contributed by atoms with Crippen molar-refractivity contribution in [1.29, 1.82) is 0 Å². The Hall–Kier alpha value is -2.73. The predicted molar refractivity (Wildman–Crippen MR) is 97.4 cm³/mol. The molecule has 6 nitrogen and oxygen atoms in total. The zero-order chi connectivity index (χ0) is 18.1. The molecule has 0 spiro atoms. The van der Waals surface area contributed by atoms with Crippen LogP contribution in [0, 0.1) is 0 Å². The zero-order valence-electron chi connectivity index (χ0n) is 14.7. The van der Waals surface area contributed by atoms with Crippen LogP contribution in [0.1, 0.15) is 18.6 Å². The van der Waals surface area contributed by atoms with Gasteiger partial charge in [-0.05, 0) is 48.9 Å². The second kappa shape index (κ2) is 9.54. The molecule has 2 aromatic rings. The van der Waals surface area contributed by atoms with Crippen LogP contribution in [0.5, 0.6) is 11.5 Å². The Morgan fingerprint density at radius 1 is 1.08 bits per heavy atom. The van der Waals surface area contributed by atoms with E-state index >= 15 is 0 Å². The number of hydrogen-bond donors (Lipinski definition) is 2. The first-order chi connectivity index (χ1) is 12.2. The third-order valence-electron chi connectivity index (χ3n) is 3.62. The Bertz CT molecular complexity index is 673. The third-order valence-corrected chi connectivity index (χ3v) is 3.62. The molecule has 0 aromatic heterocycles. The molecular weight excluding hydrogens is 320 g/mol. The van der Waals surface area contributed by atoms with Crippen molar-refractivity contribution in [3.05, 3.63) is 54.1 Å². The van der Waals surface area contributed by atoms with Crippen LogP contribution in [-0.4, -0.2) is 33.4 Å². The zero-order valence-corrected chi connectivity index (χ0v) is 14.7. The number of rotatable bonds is 8. The molecule has 0 aliphatic carbocycles. The molecule has 1 atom stereocenters. The first-order valence-corrected chi connectivity index (χ1v) is 8.10. The molecule has 0 aliphatic rings. The monoisotopic (exact) mass is 344 g/mol. The summed E-state index contributed by atoms with van der Waals surface area (Å²) in [5, 5.41) is 5.59. The number of benzene rings is 2. The molecule has 0 unspecified atom stereocenters. The number of nitrogens with one attached hydrogen (secondary N) is 2. The number of carbonyl (C=O) groups is 1. The topological polar surface area (TPSA) is 68.8 Å². The Morgan fingerprint density at radius 3 is 2.48 bits per heavy atom. The molecule has 0 saturated heterocycles. The number of ether oxygens (including phenoxy) is 3. The van der Waals surface area contributed by atoms with Gasteiger partial charge in [0.25, 0.3) is 0 Å². The molecule has 6 heteroatoms. The molecule has 0 radical (unpaired) electrons. The highest BCUT2D eigenvalue weighted by Gasteiger charge is 2.13. The smallest absolute Gasteiger partial charge is 0.319 e. The molecule has 25 heavy (non-hydrogen) atoms. The van der Waals surface area contributed by atoms with E-state index in [1.54, 1.807) is 26.4 Å². The van der Waals surface area contributed by atoms with Crippen LogP contribution >= 0.6 is 0 Å². The fraction of sp³-hybridized carbons (Fsp3) is 0.316. The molecule has 0 saturated carbocycles. The SMILES string of the molecule is CCOc1ccc(NC(=O)NC[C@@H](OC)c2cccc(OC)c2)cc1. The molecule has 0 bridgehead atoms. The van der Waals surface area contributed by atoms with E-state index in [9.17, 15) is 4.79 Å². The van der Waals surface area contributed by atoms with Gasteiger partial charge in [-0.25, -0.2) is 4.79 Å². The van der Waals surface area contributed by atoms with Crippen molar-refractivity contribution in [1.82, 2.24) is 5.32 Å². The van der Waals surface area contributed by atoms with Crippen LogP contribution in [0.2, 0.25) is 0 Å². The van der Waals surface area contributed by atoms with Crippen molar-refractivity contribution >= 4 is 11.7 Å². The van der Waals surface area contributed by atoms with Crippen molar-refractivity contribution < 1.29 is 19.0 Å². The lowest BCUT2D eigenvalue weighted by Crippen LogP contribution is -2.32. The third kappa shape index (κ3) is 5.69. The van der Waals surface area contributed by atoms with Crippen LogP contribution < -0.4 is 20.1 Å². The molecular formula is C19H24N2O4. The number of amides is 2. The largest absolute Gasteiger partial charge is 0.497 e. The quantitative estimate of drug-likeness (QED) is 0.768. The minimum atomic E-state index is -0.297. The lowest BCUT2D eigenvalue weighted by molar-refractivity contribution is 0.104. The molecule has 0 aliphatic heterocycles. The van der Waals surface area contributed by atoms with Gasteiger partial charge in [0.15, 0.2) is 0 Å². The van der Waals surface area contributed by atoms with Gasteiger partial charge in [-0.1, -0.05) is 12.1 Å². The van der Waals surface area contributed by atoms with E-state index in [0.717, 1.165) is 17.1 Å². The van der Waals surface area contributed by atoms with E-state index in [1.165, 1.54) is 0 Å². The number of hydrogen-bond acceptors (Lipinski definition) is 4. The van der Waals surface area contributed by atoms with E-state index in [-0.39, 0.29) is 12.1 Å². The Balaban J connectivity index is 1.88. The maximum absolute atomic E-state index is 12.1. The van der Waals surface area contributed by atoms with E-state index in [0.29, 0.717) is 18.8 Å². The molecule has 0 heterocycles. The van der Waals surface area contributed by atoms with Gasteiger partial charge in [0.1, 0.15) is 11.5 Å². The first-order valence-electron chi connectivity index (χ1n) is 8.10. The van der Waals surface area contributed by atoms with Crippen molar-refractivity contribution in [3.8, 4) is 11.5 Å². The number of anilines is 1. The average molecular weight is 344 g/mol. The second-order valence-electron chi connectivity index (χ2n) is 5.29. The summed E-state index contributed by atoms with van der Waals surface area (Å²) in [6.45, 7) is 2.87. The summed E-state index contributed by atoms with van der Waals surface area (Å²) in [5.41, 5.74) is 1.62. The summed E-state index contributed by atoms with van der Waals surface area (Å²) in [6, 6.07) is 14.5. The Labute approximate surface area is 148 Å². The molecule has 2 N–H and O–H groups in total. The van der Waals surface area contributed by atoms with E-state index < -0.39 is 0 Å². The second-order valence-corrected chi connectivity index (χ2v) is 5.29. The van der Waals surface area contributed by atoms with E-state index in [2.05, 4.69) is 10.6 Å². The standard InChI is InChI=1S/C19H24N2O4/c1-4-25-16-10-8-15(9-11-16)21-19(22)20-13-18(24-3)14-6-5-7-17(12-14)23-2/h5-12,18H,4,13H2,1-3H3,(H2,20,21,22)/t18-/m1/s1. The molecule has 134 valence electrons. The predicted octanol–water partition coefficient (Wildman–Crippen LogP) is 3.60. The van der Waals surface area contributed by atoms with Crippen LogP contribution in [0.15, 0.2) is 48.5 Å². The fourth-order valence-electron chi connectivity index (χ4n) is 2.34. The summed E-state index contributed by atoms with van der Waals surface area (Å²) in [7, 11) is 3.22. The van der Waals surface area contributed by atoms with Crippen molar-refractivity contribution in [2.24, 2.45) is 0 Å². The van der Waals surface area contributed by atoms with Gasteiger partial charge in [-0.15, -0.1) is 0 Å². The number of methoxy groups -OCH3 is 2. The fourth-order valence-corrected chi connectivity index (χ4v) is 2.34. The highest BCUT2D eigenvalue weighted by Crippen LogP contribution is 2.21. The normalized spacial score (nSPS) is 11.5. The highest BCUT2D eigenvalue weighted by atomic mass is 16.5. The molecule has 0 fully saturated rings. The Morgan fingerprint density at radius 2 is 1.84 bits per heavy atom. The lowest BCUT2D eigenvalue weighted by Gasteiger charge is -2.17. The van der Waals surface area contributed by atoms with Gasteiger partial charge in [0.2, 0.25) is 0 Å². The molecule has 2 rings (SSSR count). The average Bonchev–Trinajstić information content (AvgIpc) is 2.64. The van der Waals surface area contributed by atoms with Crippen molar-refractivity contribution in [2.45, 2.75) is 13.0 Å². The number of carbonyl (C=O) groups excluding carboxylic acids is 1. The van der Waals surface area contributed by atoms with E-state index in [4.69, 9.17) is 14.2 Å². The minimum absolute atomic E-state index is 0.263. The summed E-state index contributed by atoms with van der Waals surface area (Å²) >= 11 is 0. The maximum atomic E-state index is 12.1.